The average Bonchev–Trinajstić information content (AvgIpc) is 2.61. The van der Waals surface area contributed by atoms with Crippen LogP contribution in [0.25, 0.3) is 0 Å². The Morgan fingerprint density at radius 3 is 2.48 bits per heavy atom. The normalized spacial score (nSPS) is 10.3. The van der Waals surface area contributed by atoms with Crippen molar-refractivity contribution < 1.29 is 19.2 Å². The van der Waals surface area contributed by atoms with Gasteiger partial charge in [-0.3, -0.25) is 10.1 Å². The maximum absolute atomic E-state index is 11.8. The number of ether oxygens (including phenoxy) is 2. The van der Waals surface area contributed by atoms with Gasteiger partial charge in [-0.2, -0.15) is 5.10 Å². The molecule has 130 valence electrons. The Bertz CT molecular complexity index is 790. The molecule has 2 aromatic carbocycles. The topological polar surface area (TPSA) is 115 Å². The lowest BCUT2D eigenvalue weighted by Gasteiger charge is -2.09. The minimum absolute atomic E-state index is 0.0610. The first-order valence-electron chi connectivity index (χ1n) is 7.10. The molecule has 0 atom stereocenters. The van der Waals surface area contributed by atoms with Crippen molar-refractivity contribution in [2.24, 2.45) is 5.10 Å². The maximum Gasteiger partial charge on any atom is 0.339 e. The van der Waals surface area contributed by atoms with Crippen molar-refractivity contribution in [2.75, 3.05) is 19.5 Å². The van der Waals surface area contributed by atoms with Gasteiger partial charge in [0.25, 0.3) is 5.69 Å². The number of nitro benzene ring substituents is 1. The Kier molecular flexibility index (Phi) is 5.88. The van der Waals surface area contributed by atoms with Gasteiger partial charge >= 0.3 is 6.03 Å². The average molecular weight is 344 g/mol. The van der Waals surface area contributed by atoms with Crippen LogP contribution in [0.1, 0.15) is 5.56 Å². The van der Waals surface area contributed by atoms with E-state index >= 15 is 0 Å². The highest BCUT2D eigenvalue weighted by Gasteiger charge is 2.08. The van der Waals surface area contributed by atoms with Crippen LogP contribution in [0.3, 0.4) is 0 Å². The van der Waals surface area contributed by atoms with Gasteiger partial charge in [0.05, 0.1) is 25.4 Å². The van der Waals surface area contributed by atoms with E-state index in [2.05, 4.69) is 15.8 Å². The first kappa shape index (κ1) is 17.7. The molecule has 0 aliphatic heterocycles. The third-order valence-corrected chi connectivity index (χ3v) is 3.14. The quantitative estimate of drug-likeness (QED) is 0.475. The van der Waals surface area contributed by atoms with Crippen LogP contribution in [0.15, 0.2) is 47.6 Å². The number of anilines is 1. The predicted molar refractivity (Wildman–Crippen MR) is 92.4 cm³/mol. The third-order valence-electron chi connectivity index (χ3n) is 3.14. The van der Waals surface area contributed by atoms with E-state index in [9.17, 15) is 14.9 Å². The summed E-state index contributed by atoms with van der Waals surface area (Å²) >= 11 is 0. The summed E-state index contributed by atoms with van der Waals surface area (Å²) in [5, 5.41) is 16.9. The monoisotopic (exact) mass is 344 g/mol. The number of hydrazone groups is 1. The van der Waals surface area contributed by atoms with Crippen molar-refractivity contribution in [1.29, 1.82) is 0 Å². The molecule has 9 heteroatoms. The Morgan fingerprint density at radius 2 is 1.88 bits per heavy atom. The molecule has 9 nitrogen and oxygen atoms in total. The standard InChI is InChI=1S/C16H16N4O5/c1-24-14-5-3-4-11(15(14)25-2)10-17-19-16(21)18-12-6-8-13(9-7-12)20(22)23/h3-10H,1-2H3,(H2,18,19,21)/b17-10+. The van der Waals surface area contributed by atoms with Gasteiger partial charge in [0, 0.05) is 23.4 Å². The summed E-state index contributed by atoms with van der Waals surface area (Å²) in [7, 11) is 3.03. The number of rotatable bonds is 6. The fourth-order valence-corrected chi connectivity index (χ4v) is 2.00. The molecular formula is C16H16N4O5. The van der Waals surface area contributed by atoms with Crippen LogP contribution in [0.5, 0.6) is 11.5 Å². The van der Waals surface area contributed by atoms with Crippen LogP contribution in [0.4, 0.5) is 16.2 Å². The molecule has 0 aliphatic carbocycles. The van der Waals surface area contributed by atoms with Crippen molar-refractivity contribution in [3.8, 4) is 11.5 Å². The number of carbonyl (C=O) groups is 1. The number of benzene rings is 2. The molecule has 0 fully saturated rings. The van der Waals surface area contributed by atoms with E-state index in [-0.39, 0.29) is 5.69 Å². The predicted octanol–water partition coefficient (Wildman–Crippen LogP) is 2.77. The molecule has 0 spiro atoms. The molecule has 0 bridgehead atoms. The van der Waals surface area contributed by atoms with E-state index in [0.29, 0.717) is 22.7 Å². The second-order valence-corrected chi connectivity index (χ2v) is 4.71. The molecular weight excluding hydrogens is 328 g/mol. The summed E-state index contributed by atoms with van der Waals surface area (Å²) in [4.78, 5) is 21.8. The van der Waals surface area contributed by atoms with Crippen LogP contribution in [-0.4, -0.2) is 31.4 Å². The third kappa shape index (κ3) is 4.67. The van der Waals surface area contributed by atoms with Gasteiger partial charge < -0.3 is 14.8 Å². The van der Waals surface area contributed by atoms with Crippen molar-refractivity contribution in [3.63, 3.8) is 0 Å². The second-order valence-electron chi connectivity index (χ2n) is 4.71. The Morgan fingerprint density at radius 1 is 1.16 bits per heavy atom. The molecule has 25 heavy (non-hydrogen) atoms. The summed E-state index contributed by atoms with van der Waals surface area (Å²) < 4.78 is 10.4. The first-order chi connectivity index (χ1) is 12.0. The summed E-state index contributed by atoms with van der Waals surface area (Å²) in [6.07, 6.45) is 1.41. The lowest BCUT2D eigenvalue weighted by molar-refractivity contribution is -0.384. The van der Waals surface area contributed by atoms with Crippen LogP contribution in [0, 0.1) is 10.1 Å². The number of para-hydroxylation sites is 1. The van der Waals surface area contributed by atoms with E-state index in [1.54, 1.807) is 18.2 Å². The lowest BCUT2D eigenvalue weighted by atomic mass is 10.2. The number of methoxy groups -OCH3 is 2. The van der Waals surface area contributed by atoms with Gasteiger partial charge in [-0.1, -0.05) is 6.07 Å². The van der Waals surface area contributed by atoms with Crippen LogP contribution < -0.4 is 20.2 Å². The molecule has 0 aliphatic rings. The number of nitrogens with zero attached hydrogens (tertiary/aromatic N) is 2. The number of non-ortho nitro benzene ring substituents is 1. The van der Waals surface area contributed by atoms with Gasteiger partial charge in [-0.15, -0.1) is 0 Å². The van der Waals surface area contributed by atoms with Crippen molar-refractivity contribution in [3.05, 3.63) is 58.1 Å². The SMILES string of the molecule is COc1cccc(/C=N/NC(=O)Nc2ccc([N+](=O)[O-])cc2)c1OC. The lowest BCUT2D eigenvalue weighted by Crippen LogP contribution is -2.24. The van der Waals surface area contributed by atoms with Gasteiger partial charge in [0.1, 0.15) is 0 Å². The number of amides is 2. The molecule has 0 unspecified atom stereocenters. The molecule has 2 amide bonds. The van der Waals surface area contributed by atoms with Gasteiger partial charge in [0.2, 0.25) is 0 Å². The number of nitrogens with one attached hydrogen (secondary N) is 2. The molecule has 0 saturated carbocycles. The highest BCUT2D eigenvalue weighted by Crippen LogP contribution is 2.29. The van der Waals surface area contributed by atoms with Crippen molar-refractivity contribution in [2.45, 2.75) is 0 Å². The minimum Gasteiger partial charge on any atom is -0.493 e. The van der Waals surface area contributed by atoms with Crippen molar-refractivity contribution in [1.82, 2.24) is 5.43 Å². The number of hydrogen-bond acceptors (Lipinski definition) is 6. The summed E-state index contributed by atoms with van der Waals surface area (Å²) in [5.41, 5.74) is 3.26. The molecule has 0 saturated heterocycles. The number of urea groups is 1. The highest BCUT2D eigenvalue weighted by molar-refractivity contribution is 5.91. The van der Waals surface area contributed by atoms with Crippen LogP contribution in [-0.2, 0) is 0 Å². The summed E-state index contributed by atoms with van der Waals surface area (Å²) in [5.74, 6) is 1.04. The van der Waals surface area contributed by atoms with E-state index in [1.807, 2.05) is 0 Å². The largest absolute Gasteiger partial charge is 0.493 e. The first-order valence-corrected chi connectivity index (χ1v) is 7.10. The Balaban J connectivity index is 1.98. The van der Waals surface area contributed by atoms with E-state index in [1.165, 1.54) is 44.7 Å². The zero-order chi connectivity index (χ0) is 18.2. The summed E-state index contributed by atoms with van der Waals surface area (Å²) in [6.45, 7) is 0. The molecule has 2 N–H and O–H groups in total. The number of hydrogen-bond donors (Lipinski definition) is 2. The second kappa shape index (κ2) is 8.29. The molecule has 2 aromatic rings. The zero-order valence-corrected chi connectivity index (χ0v) is 13.6. The van der Waals surface area contributed by atoms with Crippen molar-refractivity contribution >= 4 is 23.6 Å². The Hall–Kier alpha value is -3.62. The molecule has 0 radical (unpaired) electrons. The van der Waals surface area contributed by atoms with Gasteiger partial charge in [0.15, 0.2) is 11.5 Å². The Labute approximate surface area is 143 Å². The van der Waals surface area contributed by atoms with Crippen LogP contribution in [0.2, 0.25) is 0 Å². The van der Waals surface area contributed by atoms with E-state index < -0.39 is 11.0 Å². The molecule has 2 rings (SSSR count). The molecule has 0 aromatic heterocycles. The minimum atomic E-state index is -0.591. The van der Waals surface area contributed by atoms with Gasteiger partial charge in [-0.05, 0) is 24.3 Å². The van der Waals surface area contributed by atoms with E-state index in [0.717, 1.165) is 0 Å². The summed E-state index contributed by atoms with van der Waals surface area (Å²) in [6, 6.07) is 10.1. The van der Waals surface area contributed by atoms with E-state index in [4.69, 9.17) is 9.47 Å². The molecule has 0 heterocycles. The maximum atomic E-state index is 11.8. The fraction of sp³-hybridized carbons (Fsp3) is 0.125. The zero-order valence-electron chi connectivity index (χ0n) is 13.6. The fourth-order valence-electron chi connectivity index (χ4n) is 2.00. The van der Waals surface area contributed by atoms with Crippen LogP contribution >= 0.6 is 0 Å². The van der Waals surface area contributed by atoms with Gasteiger partial charge in [-0.25, -0.2) is 10.2 Å². The number of nitro groups is 1. The number of carbonyl (C=O) groups excluding carboxylic acids is 1. The smallest absolute Gasteiger partial charge is 0.339 e. The highest BCUT2D eigenvalue weighted by atomic mass is 16.6.